The quantitative estimate of drug-likeness (QED) is 0.335. The van der Waals surface area contributed by atoms with Crippen molar-refractivity contribution in [3.63, 3.8) is 0 Å². The van der Waals surface area contributed by atoms with Crippen molar-refractivity contribution in [2.45, 2.75) is 64.1 Å². The maximum Gasteiger partial charge on any atom is 0.407 e. The van der Waals surface area contributed by atoms with Gasteiger partial charge in [0.05, 0.1) is 16.8 Å². The van der Waals surface area contributed by atoms with Gasteiger partial charge in [0, 0.05) is 0 Å². The van der Waals surface area contributed by atoms with Gasteiger partial charge in [0.2, 0.25) is 0 Å². The highest BCUT2D eigenvalue weighted by molar-refractivity contribution is 6.32. The first-order valence-electron chi connectivity index (χ1n) is 12.0. The molecule has 2 aliphatic rings. The average Bonchev–Trinajstić information content (AvgIpc) is 3.38. The fourth-order valence-corrected chi connectivity index (χ4v) is 4.06. The van der Waals surface area contributed by atoms with Crippen molar-refractivity contribution in [1.82, 2.24) is 25.0 Å². The summed E-state index contributed by atoms with van der Waals surface area (Å²) in [6.45, 7) is 8.78. The Morgan fingerprint density at radius 2 is 1.97 bits per heavy atom. The van der Waals surface area contributed by atoms with Crippen LogP contribution in [0.1, 0.15) is 57.5 Å². The molecule has 2 amide bonds. The summed E-state index contributed by atoms with van der Waals surface area (Å²) in [4.78, 5) is 34.2. The summed E-state index contributed by atoms with van der Waals surface area (Å²) in [5, 5.41) is 6.00. The van der Waals surface area contributed by atoms with Gasteiger partial charge in [-0.1, -0.05) is 38.1 Å². The van der Waals surface area contributed by atoms with Crippen molar-refractivity contribution < 1.29 is 31.9 Å². The average molecular weight is 574 g/mol. The Bertz CT molecular complexity index is 1270. The third-order valence-corrected chi connectivity index (χ3v) is 6.36. The van der Waals surface area contributed by atoms with Crippen molar-refractivity contribution in [1.29, 1.82) is 0 Å². The Morgan fingerprint density at radius 1 is 1.31 bits per heavy atom. The summed E-state index contributed by atoms with van der Waals surface area (Å²) in [6.07, 6.45) is -5.74. The number of hydrogen-bond donors (Lipinski definition) is 2. The van der Waals surface area contributed by atoms with Gasteiger partial charge in [-0.2, -0.15) is 5.10 Å². The number of alkyl carbamates (subject to hydrolysis) is 1. The molecule has 39 heavy (non-hydrogen) atoms. The standard InChI is InChI=1S/C22H22ClF4N7O3.C2H6/c1-10(2)15-18(35)33(20(28)31-15)14(8-37-21(36)32-22(5-6-22)19(26)27)11-3-4-12(23)13(7-11)34-17(16(24)25)29-9-30-34;1-2/h3-4,7,9,14-16,19H,1,5-6,8H2,2H3,(H2,28,31)(H,32,36);1-2H3. The number of ether oxygens (including phenoxy) is 1. The van der Waals surface area contributed by atoms with E-state index in [9.17, 15) is 27.2 Å². The maximum absolute atomic E-state index is 13.4. The third-order valence-electron chi connectivity index (χ3n) is 6.04. The molecule has 0 radical (unpaired) electrons. The van der Waals surface area contributed by atoms with Crippen LogP contribution in [0.3, 0.4) is 0 Å². The zero-order chi connectivity index (χ0) is 29.1. The monoisotopic (exact) mass is 573 g/mol. The van der Waals surface area contributed by atoms with Crippen LogP contribution in [0.15, 0.2) is 41.7 Å². The first-order valence-corrected chi connectivity index (χ1v) is 12.4. The molecule has 0 bridgehead atoms. The van der Waals surface area contributed by atoms with Crippen molar-refractivity contribution in [2.75, 3.05) is 6.61 Å². The lowest BCUT2D eigenvalue weighted by Gasteiger charge is -2.29. The largest absolute Gasteiger partial charge is 0.447 e. The van der Waals surface area contributed by atoms with Crippen LogP contribution in [0.25, 0.3) is 5.69 Å². The number of aliphatic imine (C=N–C) groups is 1. The zero-order valence-corrected chi connectivity index (χ0v) is 22.1. The smallest absolute Gasteiger partial charge is 0.407 e. The molecule has 1 saturated carbocycles. The van der Waals surface area contributed by atoms with E-state index in [4.69, 9.17) is 22.1 Å². The predicted octanol–water partition coefficient (Wildman–Crippen LogP) is 4.55. The van der Waals surface area contributed by atoms with Crippen LogP contribution >= 0.6 is 11.6 Å². The molecule has 1 fully saturated rings. The Labute approximate surface area is 226 Å². The SMILES string of the molecule is C=C(C)C1N=C(N)N(C(COC(=O)NC2(C(F)F)CC2)c2ccc(Cl)c(-n3ncnc3C(F)F)c2)C1=O.CC. The highest BCUT2D eigenvalue weighted by Gasteiger charge is 2.53. The minimum absolute atomic E-state index is 0.00894. The first-order chi connectivity index (χ1) is 18.4. The molecule has 0 saturated heterocycles. The predicted molar refractivity (Wildman–Crippen MR) is 135 cm³/mol. The van der Waals surface area contributed by atoms with Crippen molar-refractivity contribution in [2.24, 2.45) is 10.7 Å². The van der Waals surface area contributed by atoms with E-state index in [0.717, 1.165) is 15.9 Å². The van der Waals surface area contributed by atoms with Gasteiger partial charge in [-0.05, 0) is 43.0 Å². The topological polar surface area (TPSA) is 128 Å². The lowest BCUT2D eigenvalue weighted by Crippen LogP contribution is -2.46. The van der Waals surface area contributed by atoms with Crippen LogP contribution in [0, 0.1) is 0 Å². The van der Waals surface area contributed by atoms with Crippen molar-refractivity contribution >= 4 is 29.6 Å². The van der Waals surface area contributed by atoms with E-state index in [-0.39, 0.29) is 35.1 Å². The van der Waals surface area contributed by atoms with Gasteiger partial charge in [0.1, 0.15) is 18.5 Å². The summed E-state index contributed by atoms with van der Waals surface area (Å²) < 4.78 is 59.4. The number of nitrogens with two attached hydrogens (primary N) is 1. The van der Waals surface area contributed by atoms with Crippen LogP contribution in [0.4, 0.5) is 22.4 Å². The molecule has 0 spiro atoms. The molecular formula is C24H28ClF4N7O3. The van der Waals surface area contributed by atoms with E-state index >= 15 is 0 Å². The second-order valence-electron chi connectivity index (χ2n) is 8.68. The fourth-order valence-electron chi connectivity index (χ4n) is 3.86. The summed E-state index contributed by atoms with van der Waals surface area (Å²) in [6, 6.07) is 2.08. The summed E-state index contributed by atoms with van der Waals surface area (Å²) in [5.74, 6) is -1.45. The van der Waals surface area contributed by atoms with Crippen LogP contribution in [0.2, 0.25) is 5.02 Å². The van der Waals surface area contributed by atoms with Crippen LogP contribution in [-0.2, 0) is 9.53 Å². The number of nitrogens with zero attached hydrogens (tertiary/aromatic N) is 5. The van der Waals surface area contributed by atoms with Crippen molar-refractivity contribution in [3.8, 4) is 5.69 Å². The highest BCUT2D eigenvalue weighted by atomic mass is 35.5. The summed E-state index contributed by atoms with van der Waals surface area (Å²) in [5.41, 5.74) is 5.05. The Morgan fingerprint density at radius 3 is 2.51 bits per heavy atom. The molecule has 10 nitrogen and oxygen atoms in total. The van der Waals surface area contributed by atoms with E-state index in [0.29, 0.717) is 5.57 Å². The van der Waals surface area contributed by atoms with Gasteiger partial charge in [-0.15, -0.1) is 0 Å². The second kappa shape index (κ2) is 12.0. The maximum atomic E-state index is 13.4. The fraction of sp³-hybridized carbons (Fsp3) is 0.458. The first kappa shape index (κ1) is 29.9. The molecule has 1 aromatic heterocycles. The van der Waals surface area contributed by atoms with Crippen LogP contribution in [0.5, 0.6) is 0 Å². The highest BCUT2D eigenvalue weighted by Crippen LogP contribution is 2.41. The van der Waals surface area contributed by atoms with Gasteiger partial charge in [0.15, 0.2) is 17.8 Å². The van der Waals surface area contributed by atoms with Crippen LogP contribution in [-0.4, -0.2) is 62.2 Å². The molecule has 212 valence electrons. The van der Waals surface area contributed by atoms with Crippen LogP contribution < -0.4 is 11.1 Å². The van der Waals surface area contributed by atoms with Gasteiger partial charge in [-0.3, -0.25) is 9.69 Å². The number of carbonyl (C=O) groups is 2. The minimum atomic E-state index is -2.96. The Balaban J connectivity index is 0.00000205. The Kier molecular flexibility index (Phi) is 9.20. The molecule has 15 heteroatoms. The number of amides is 2. The summed E-state index contributed by atoms with van der Waals surface area (Å²) >= 11 is 6.25. The number of rotatable bonds is 9. The number of nitrogens with one attached hydrogen (secondary N) is 1. The van der Waals surface area contributed by atoms with E-state index in [1.54, 1.807) is 6.92 Å². The molecule has 1 aliphatic carbocycles. The van der Waals surface area contributed by atoms with Gasteiger partial charge >= 0.3 is 6.09 Å². The van der Waals surface area contributed by atoms with E-state index in [1.807, 2.05) is 13.8 Å². The van der Waals surface area contributed by atoms with E-state index < -0.39 is 54.9 Å². The second-order valence-corrected chi connectivity index (χ2v) is 9.09. The lowest BCUT2D eigenvalue weighted by molar-refractivity contribution is -0.129. The minimum Gasteiger partial charge on any atom is -0.447 e. The van der Waals surface area contributed by atoms with E-state index in [2.05, 4.69) is 27.0 Å². The number of hydrogen-bond acceptors (Lipinski definition) is 7. The number of carbonyl (C=O) groups excluding carboxylic acids is 2. The van der Waals surface area contributed by atoms with E-state index in [1.165, 1.54) is 18.2 Å². The number of alkyl halides is 4. The zero-order valence-electron chi connectivity index (χ0n) is 21.4. The van der Waals surface area contributed by atoms with Gasteiger partial charge < -0.3 is 15.8 Å². The van der Waals surface area contributed by atoms with Gasteiger partial charge in [0.25, 0.3) is 18.8 Å². The Hall–Kier alpha value is -3.68. The number of guanidine groups is 1. The van der Waals surface area contributed by atoms with Gasteiger partial charge in [-0.25, -0.2) is 37.0 Å². The van der Waals surface area contributed by atoms with Crippen molar-refractivity contribution in [3.05, 3.63) is 53.1 Å². The number of halogens is 5. The molecule has 1 aliphatic heterocycles. The molecule has 2 atom stereocenters. The molecule has 4 rings (SSSR count). The molecule has 2 heterocycles. The molecular weight excluding hydrogens is 546 g/mol. The summed E-state index contributed by atoms with van der Waals surface area (Å²) in [7, 11) is 0. The third kappa shape index (κ3) is 6.15. The number of aromatic nitrogens is 3. The molecule has 1 aromatic carbocycles. The molecule has 2 unspecified atom stereocenters. The number of benzene rings is 1. The normalized spacial score (nSPS) is 18.4. The molecule has 2 aromatic rings. The molecule has 3 N–H and O–H groups in total. The lowest BCUT2D eigenvalue weighted by atomic mass is 10.0.